The highest BCUT2D eigenvalue weighted by molar-refractivity contribution is 7.90. The SMILES string of the molecule is CCOc1ccc(C(=O)NCCc2cccc(S(=O)(=O)NC(=O)c3ccc(OC(=O)OC4C(C)(C)C5CC[C@]4(C)C5)nc3)c2)cc1. The molecule has 1 heterocycles. The van der Waals surface area contributed by atoms with E-state index in [0.717, 1.165) is 25.5 Å². The van der Waals surface area contributed by atoms with E-state index in [0.29, 0.717) is 35.8 Å². The summed E-state index contributed by atoms with van der Waals surface area (Å²) in [5, 5.41) is 2.81. The molecule has 0 saturated heterocycles. The van der Waals surface area contributed by atoms with Crippen LogP contribution in [0.5, 0.6) is 11.6 Å². The number of benzene rings is 2. The number of rotatable bonds is 11. The van der Waals surface area contributed by atoms with E-state index in [1.807, 2.05) is 11.6 Å². The Labute approximate surface area is 269 Å². The topological polar surface area (TPSA) is 150 Å². The van der Waals surface area contributed by atoms with Crippen molar-refractivity contribution in [1.82, 2.24) is 15.0 Å². The Morgan fingerprint density at radius 3 is 2.37 bits per heavy atom. The number of pyridine rings is 1. The maximum absolute atomic E-state index is 13.0. The van der Waals surface area contributed by atoms with Gasteiger partial charge in [0, 0.05) is 35.2 Å². The predicted molar refractivity (Wildman–Crippen MR) is 169 cm³/mol. The van der Waals surface area contributed by atoms with Gasteiger partial charge < -0.3 is 19.5 Å². The second-order valence-corrected chi connectivity index (χ2v) is 14.4. The molecule has 244 valence electrons. The first kappa shape index (κ1) is 32.9. The van der Waals surface area contributed by atoms with E-state index in [1.165, 1.54) is 24.3 Å². The van der Waals surface area contributed by atoms with Gasteiger partial charge in [-0.15, -0.1) is 0 Å². The first-order valence-corrected chi connectivity index (χ1v) is 16.8. The van der Waals surface area contributed by atoms with Crippen LogP contribution in [0.15, 0.2) is 71.8 Å². The Morgan fingerprint density at radius 1 is 0.978 bits per heavy atom. The maximum atomic E-state index is 13.0. The summed E-state index contributed by atoms with van der Waals surface area (Å²) in [5.41, 5.74) is 0.853. The van der Waals surface area contributed by atoms with Crippen LogP contribution < -0.4 is 19.5 Å². The summed E-state index contributed by atoms with van der Waals surface area (Å²) in [6.07, 6.45) is 3.48. The molecule has 46 heavy (non-hydrogen) atoms. The van der Waals surface area contributed by atoms with Gasteiger partial charge in [-0.2, -0.15) is 0 Å². The van der Waals surface area contributed by atoms with Crippen LogP contribution >= 0.6 is 0 Å². The number of nitrogens with zero attached hydrogens (tertiary/aromatic N) is 1. The lowest BCUT2D eigenvalue weighted by Crippen LogP contribution is -2.44. The largest absolute Gasteiger partial charge is 0.515 e. The van der Waals surface area contributed by atoms with Crippen LogP contribution in [0.1, 0.15) is 73.2 Å². The van der Waals surface area contributed by atoms with Crippen LogP contribution in [0.4, 0.5) is 4.79 Å². The number of sulfonamides is 1. The molecular weight excluding hydrogens is 610 g/mol. The molecule has 2 fully saturated rings. The number of nitrogens with one attached hydrogen (secondary N) is 2. The third kappa shape index (κ3) is 7.17. The molecule has 2 saturated carbocycles. The number of hydrogen-bond acceptors (Lipinski definition) is 9. The Hall–Kier alpha value is -4.45. The molecule has 3 atom stereocenters. The van der Waals surface area contributed by atoms with Crippen molar-refractivity contribution in [1.29, 1.82) is 0 Å². The second-order valence-electron chi connectivity index (χ2n) is 12.7. The van der Waals surface area contributed by atoms with Gasteiger partial charge in [0.1, 0.15) is 11.9 Å². The summed E-state index contributed by atoms with van der Waals surface area (Å²) in [6, 6.07) is 15.5. The van der Waals surface area contributed by atoms with Crippen molar-refractivity contribution in [2.75, 3.05) is 13.2 Å². The standard InChI is InChI=1S/C34H39N3O8S/c1-5-43-26-12-9-23(10-13-26)29(38)35-18-16-22-7-6-8-27(19-22)46(41,42)37-30(39)24-11-14-28(36-21-24)44-32(40)45-31-33(2,3)25-15-17-34(31,4)20-25/h6-14,19,21,25,31H,5,15-18,20H2,1-4H3,(H,35,38)(H,37,39)/t25?,31?,34-/m1/s1. The zero-order chi connectivity index (χ0) is 33.1. The fourth-order valence-corrected chi connectivity index (χ4v) is 7.77. The molecule has 2 unspecified atom stereocenters. The first-order valence-electron chi connectivity index (χ1n) is 15.3. The number of amides is 2. The summed E-state index contributed by atoms with van der Waals surface area (Å²) >= 11 is 0. The van der Waals surface area contributed by atoms with Crippen molar-refractivity contribution < 1.29 is 37.0 Å². The number of hydrogen-bond donors (Lipinski definition) is 2. The van der Waals surface area contributed by atoms with E-state index >= 15 is 0 Å². The van der Waals surface area contributed by atoms with Gasteiger partial charge in [-0.25, -0.2) is 22.9 Å². The summed E-state index contributed by atoms with van der Waals surface area (Å²) in [7, 11) is -4.22. The minimum Gasteiger partial charge on any atom is -0.494 e. The maximum Gasteiger partial charge on any atom is 0.515 e. The van der Waals surface area contributed by atoms with Crippen molar-refractivity contribution in [3.05, 3.63) is 83.6 Å². The summed E-state index contributed by atoms with van der Waals surface area (Å²) in [6.45, 7) is 9.04. The Morgan fingerprint density at radius 2 is 1.72 bits per heavy atom. The van der Waals surface area contributed by atoms with Crippen molar-refractivity contribution in [3.63, 3.8) is 0 Å². The van der Waals surface area contributed by atoms with Crippen LogP contribution in [0.2, 0.25) is 0 Å². The molecule has 1 aromatic heterocycles. The van der Waals surface area contributed by atoms with Gasteiger partial charge in [-0.05, 0) is 86.6 Å². The van der Waals surface area contributed by atoms with Crippen molar-refractivity contribution in [3.8, 4) is 11.6 Å². The van der Waals surface area contributed by atoms with Crippen LogP contribution in [-0.4, -0.2) is 50.6 Å². The van der Waals surface area contributed by atoms with Crippen molar-refractivity contribution in [2.45, 2.75) is 64.4 Å². The smallest absolute Gasteiger partial charge is 0.494 e. The Kier molecular flexibility index (Phi) is 9.39. The zero-order valence-corrected chi connectivity index (χ0v) is 27.2. The fourth-order valence-electron chi connectivity index (χ4n) is 6.73. The number of fused-ring (bicyclic) bond motifs is 2. The number of carbonyl (C=O) groups excluding carboxylic acids is 3. The third-order valence-electron chi connectivity index (χ3n) is 9.10. The van der Waals surface area contributed by atoms with Gasteiger partial charge in [0.05, 0.1) is 17.1 Å². The highest BCUT2D eigenvalue weighted by Crippen LogP contribution is 2.63. The fraction of sp³-hybridized carbons (Fsp3) is 0.412. The van der Waals surface area contributed by atoms with Gasteiger partial charge >= 0.3 is 6.16 Å². The molecule has 5 rings (SSSR count). The van der Waals surface area contributed by atoms with E-state index in [9.17, 15) is 22.8 Å². The molecule has 11 nitrogen and oxygen atoms in total. The van der Waals surface area contributed by atoms with Crippen molar-refractivity contribution >= 4 is 28.0 Å². The lowest BCUT2D eigenvalue weighted by molar-refractivity contribution is -0.0608. The lowest BCUT2D eigenvalue weighted by atomic mass is 9.70. The minimum absolute atomic E-state index is 0.0424. The minimum atomic E-state index is -4.22. The zero-order valence-electron chi connectivity index (χ0n) is 26.4. The molecule has 2 amide bonds. The first-order chi connectivity index (χ1) is 21.8. The molecule has 0 radical (unpaired) electrons. The predicted octanol–water partition coefficient (Wildman–Crippen LogP) is 5.30. The molecule has 12 heteroatoms. The monoisotopic (exact) mass is 649 g/mol. The average molecular weight is 650 g/mol. The molecule has 0 spiro atoms. The normalized spacial score (nSPS) is 21.3. The summed E-state index contributed by atoms with van der Waals surface area (Å²) < 4.78 is 44.5. The highest BCUT2D eigenvalue weighted by atomic mass is 32.2. The molecule has 2 aliphatic rings. The highest BCUT2D eigenvalue weighted by Gasteiger charge is 2.61. The van der Waals surface area contributed by atoms with Gasteiger partial charge in [-0.1, -0.05) is 32.9 Å². The quantitative estimate of drug-likeness (QED) is 0.264. The van der Waals surface area contributed by atoms with E-state index in [1.54, 1.807) is 36.4 Å². The number of carbonyl (C=O) groups is 3. The van der Waals surface area contributed by atoms with Crippen LogP contribution in [0.3, 0.4) is 0 Å². The molecule has 2 N–H and O–H groups in total. The Balaban J connectivity index is 1.12. The molecule has 2 aliphatic carbocycles. The van der Waals surface area contributed by atoms with Gasteiger partial charge in [0.2, 0.25) is 5.88 Å². The number of aromatic nitrogens is 1. The molecular formula is C34H39N3O8S. The van der Waals surface area contributed by atoms with Crippen LogP contribution in [0, 0.1) is 16.7 Å². The van der Waals surface area contributed by atoms with Crippen molar-refractivity contribution in [2.24, 2.45) is 16.7 Å². The van der Waals surface area contributed by atoms with Gasteiger partial charge in [0.25, 0.3) is 21.8 Å². The van der Waals surface area contributed by atoms with E-state index in [-0.39, 0.29) is 45.7 Å². The molecule has 2 bridgehead atoms. The average Bonchev–Trinajstić information content (AvgIpc) is 3.51. The number of ether oxygens (including phenoxy) is 3. The molecule has 0 aliphatic heterocycles. The van der Waals surface area contributed by atoms with E-state index in [2.05, 4.69) is 31.1 Å². The van der Waals surface area contributed by atoms with Crippen LogP contribution in [-0.2, 0) is 21.2 Å². The summed E-state index contributed by atoms with van der Waals surface area (Å²) in [4.78, 5) is 41.7. The molecule has 2 aromatic carbocycles. The van der Waals surface area contributed by atoms with Crippen LogP contribution in [0.25, 0.3) is 0 Å². The third-order valence-corrected chi connectivity index (χ3v) is 10.4. The van der Waals surface area contributed by atoms with E-state index < -0.39 is 22.1 Å². The summed E-state index contributed by atoms with van der Waals surface area (Å²) in [5.74, 6) is -0.0647. The van der Waals surface area contributed by atoms with Gasteiger partial charge in [0.15, 0.2) is 0 Å². The second kappa shape index (κ2) is 13.1. The van der Waals surface area contributed by atoms with Gasteiger partial charge in [-0.3, -0.25) is 9.59 Å². The molecule has 3 aromatic rings. The Bertz CT molecular complexity index is 1700. The lowest BCUT2D eigenvalue weighted by Gasteiger charge is -2.41. The van der Waals surface area contributed by atoms with E-state index in [4.69, 9.17) is 14.2 Å².